The Balaban J connectivity index is 3.23. The van der Waals surface area contributed by atoms with E-state index < -0.39 is 38.0 Å². The zero-order chi connectivity index (χ0) is 16.4. The number of hydrogen-bond donors (Lipinski definition) is 2. The summed E-state index contributed by atoms with van der Waals surface area (Å²) in [5.41, 5.74) is -0.508. The van der Waals surface area contributed by atoms with E-state index in [4.69, 9.17) is 5.14 Å². The Morgan fingerprint density at radius 3 is 2.29 bits per heavy atom. The second-order valence-corrected chi connectivity index (χ2v) is 6.48. The molecule has 0 fully saturated rings. The summed E-state index contributed by atoms with van der Waals surface area (Å²) >= 11 is 0. The maximum absolute atomic E-state index is 13.3. The first-order chi connectivity index (χ1) is 9.57. The number of carbonyl (C=O) groups is 1. The molecule has 0 saturated carbocycles. The molecule has 0 aliphatic rings. The van der Waals surface area contributed by atoms with E-state index in [0.717, 1.165) is 6.42 Å². The highest BCUT2D eigenvalue weighted by Gasteiger charge is 2.24. The number of sulfonamides is 1. The van der Waals surface area contributed by atoms with Crippen molar-refractivity contribution in [2.45, 2.75) is 38.1 Å². The molecule has 0 aliphatic carbocycles. The Bertz CT molecular complexity index is 647. The molecule has 3 N–H and O–H groups in total. The number of nitrogens with one attached hydrogen (secondary N) is 1. The van der Waals surface area contributed by atoms with Gasteiger partial charge in [0.2, 0.25) is 10.0 Å². The van der Waals surface area contributed by atoms with Crippen molar-refractivity contribution in [1.29, 1.82) is 0 Å². The van der Waals surface area contributed by atoms with Crippen LogP contribution in [-0.4, -0.2) is 20.4 Å². The van der Waals surface area contributed by atoms with Gasteiger partial charge < -0.3 is 5.32 Å². The van der Waals surface area contributed by atoms with Crippen LogP contribution in [0.1, 0.15) is 37.6 Å². The van der Waals surface area contributed by atoms with Gasteiger partial charge in [-0.2, -0.15) is 0 Å². The number of primary sulfonamides is 1. The molecule has 5 nitrogen and oxygen atoms in total. The van der Waals surface area contributed by atoms with Crippen LogP contribution in [0.25, 0.3) is 0 Å². The Morgan fingerprint density at radius 2 is 1.81 bits per heavy atom. The molecule has 1 aromatic rings. The number of nitrogens with two attached hydrogens (primary N) is 1. The van der Waals surface area contributed by atoms with Crippen LogP contribution in [0, 0.1) is 17.6 Å². The summed E-state index contributed by atoms with van der Waals surface area (Å²) in [4.78, 5) is 11.3. The van der Waals surface area contributed by atoms with Gasteiger partial charge in [-0.05, 0) is 25.0 Å². The molecule has 2 unspecified atom stereocenters. The van der Waals surface area contributed by atoms with Crippen molar-refractivity contribution in [3.05, 3.63) is 29.3 Å². The van der Waals surface area contributed by atoms with Crippen molar-refractivity contribution in [1.82, 2.24) is 5.32 Å². The zero-order valence-corrected chi connectivity index (χ0v) is 12.8. The molecular formula is C13H18F2N2O3S. The lowest BCUT2D eigenvalue weighted by molar-refractivity contribution is 0.0924. The summed E-state index contributed by atoms with van der Waals surface area (Å²) in [6.45, 7) is 5.57. The van der Waals surface area contributed by atoms with Crippen molar-refractivity contribution in [3.8, 4) is 0 Å². The smallest absolute Gasteiger partial charge is 0.252 e. The van der Waals surface area contributed by atoms with Gasteiger partial charge >= 0.3 is 0 Å². The maximum Gasteiger partial charge on any atom is 0.252 e. The zero-order valence-electron chi connectivity index (χ0n) is 12.0. The molecule has 118 valence electrons. The number of carbonyl (C=O) groups excluding carboxylic acids is 1. The van der Waals surface area contributed by atoms with Gasteiger partial charge in [0.15, 0.2) is 11.6 Å². The predicted octanol–water partition coefficient (Wildman–Crippen LogP) is 1.78. The topological polar surface area (TPSA) is 89.3 Å². The third kappa shape index (κ3) is 4.21. The minimum absolute atomic E-state index is 0.136. The highest BCUT2D eigenvalue weighted by Crippen LogP contribution is 2.19. The highest BCUT2D eigenvalue weighted by atomic mass is 32.2. The van der Waals surface area contributed by atoms with Crippen LogP contribution >= 0.6 is 0 Å². The lowest BCUT2D eigenvalue weighted by Gasteiger charge is -2.20. The fourth-order valence-electron chi connectivity index (χ4n) is 1.72. The molecule has 0 aromatic heterocycles. The molecule has 21 heavy (non-hydrogen) atoms. The molecular weight excluding hydrogens is 302 g/mol. The number of halogens is 2. The Kier molecular flexibility index (Phi) is 5.41. The largest absolute Gasteiger partial charge is 0.349 e. The summed E-state index contributed by atoms with van der Waals surface area (Å²) in [6.07, 6.45) is 0.793. The SMILES string of the molecule is CCC(C)C(C)NC(=O)c1cc(F)c(F)cc1S(N)(=O)=O. The van der Waals surface area contributed by atoms with Gasteiger partial charge in [0.1, 0.15) is 0 Å². The Morgan fingerprint density at radius 1 is 1.29 bits per heavy atom. The summed E-state index contributed by atoms with van der Waals surface area (Å²) < 4.78 is 49.3. The summed E-state index contributed by atoms with van der Waals surface area (Å²) in [7, 11) is -4.35. The maximum atomic E-state index is 13.3. The molecule has 0 heterocycles. The molecule has 0 bridgehead atoms. The third-order valence-corrected chi connectivity index (χ3v) is 4.38. The lowest BCUT2D eigenvalue weighted by Crippen LogP contribution is -2.37. The lowest BCUT2D eigenvalue weighted by atomic mass is 10.0. The van der Waals surface area contributed by atoms with E-state index in [0.29, 0.717) is 12.1 Å². The van der Waals surface area contributed by atoms with Crippen molar-refractivity contribution >= 4 is 15.9 Å². The second-order valence-electron chi connectivity index (χ2n) is 4.96. The molecule has 1 rings (SSSR count). The molecule has 1 aromatic carbocycles. The molecule has 0 spiro atoms. The average Bonchev–Trinajstić information content (AvgIpc) is 2.38. The van der Waals surface area contributed by atoms with Crippen LogP contribution in [-0.2, 0) is 10.0 Å². The fourth-order valence-corrected chi connectivity index (χ4v) is 2.45. The first-order valence-electron chi connectivity index (χ1n) is 6.40. The molecule has 0 aliphatic heterocycles. The van der Waals surface area contributed by atoms with Crippen LogP contribution in [0.2, 0.25) is 0 Å². The van der Waals surface area contributed by atoms with Crippen LogP contribution in [0.5, 0.6) is 0 Å². The predicted molar refractivity (Wildman–Crippen MR) is 74.1 cm³/mol. The normalized spacial score (nSPS) is 14.6. The van der Waals surface area contributed by atoms with Gasteiger partial charge in [0.25, 0.3) is 5.91 Å². The van der Waals surface area contributed by atoms with Gasteiger partial charge in [-0.15, -0.1) is 0 Å². The number of amides is 1. The summed E-state index contributed by atoms with van der Waals surface area (Å²) in [5.74, 6) is -3.38. The van der Waals surface area contributed by atoms with E-state index in [1.165, 1.54) is 0 Å². The van der Waals surface area contributed by atoms with Gasteiger partial charge in [0, 0.05) is 6.04 Å². The molecule has 1 amide bonds. The minimum Gasteiger partial charge on any atom is -0.349 e. The van der Waals surface area contributed by atoms with Crippen LogP contribution < -0.4 is 10.5 Å². The third-order valence-electron chi connectivity index (χ3n) is 3.43. The van der Waals surface area contributed by atoms with E-state index in [-0.39, 0.29) is 12.0 Å². The molecule has 2 atom stereocenters. The molecule has 8 heteroatoms. The van der Waals surface area contributed by atoms with Crippen molar-refractivity contribution in [2.24, 2.45) is 11.1 Å². The first kappa shape index (κ1) is 17.5. The van der Waals surface area contributed by atoms with Crippen LogP contribution in [0.15, 0.2) is 17.0 Å². The first-order valence-corrected chi connectivity index (χ1v) is 7.95. The average molecular weight is 320 g/mol. The standard InChI is InChI=1S/C13H18F2N2O3S/c1-4-7(2)8(3)17-13(18)9-5-10(14)11(15)6-12(9)21(16,19)20/h5-8H,4H2,1-3H3,(H,17,18)(H2,16,19,20). The van der Waals surface area contributed by atoms with Crippen molar-refractivity contribution in [2.75, 3.05) is 0 Å². The highest BCUT2D eigenvalue weighted by molar-refractivity contribution is 7.89. The minimum atomic E-state index is -4.35. The van der Waals surface area contributed by atoms with E-state index in [1.807, 2.05) is 13.8 Å². The summed E-state index contributed by atoms with van der Waals surface area (Å²) in [5, 5.41) is 7.49. The second kappa shape index (κ2) is 6.48. The Labute approximate surface area is 122 Å². The van der Waals surface area contributed by atoms with Gasteiger partial charge in [0.05, 0.1) is 10.5 Å². The van der Waals surface area contributed by atoms with Crippen LogP contribution in [0.4, 0.5) is 8.78 Å². The number of hydrogen-bond acceptors (Lipinski definition) is 3. The summed E-state index contributed by atoms with van der Waals surface area (Å²) in [6, 6.07) is 0.685. The van der Waals surface area contributed by atoms with Crippen molar-refractivity contribution in [3.63, 3.8) is 0 Å². The van der Waals surface area contributed by atoms with Crippen LogP contribution in [0.3, 0.4) is 0 Å². The number of rotatable bonds is 5. The Hall–Kier alpha value is -1.54. The van der Waals surface area contributed by atoms with E-state index in [9.17, 15) is 22.0 Å². The van der Waals surface area contributed by atoms with E-state index in [2.05, 4.69) is 5.32 Å². The van der Waals surface area contributed by atoms with Gasteiger partial charge in [-0.25, -0.2) is 22.3 Å². The fraction of sp³-hybridized carbons (Fsp3) is 0.462. The van der Waals surface area contributed by atoms with Crippen molar-refractivity contribution < 1.29 is 22.0 Å². The van der Waals surface area contributed by atoms with E-state index in [1.54, 1.807) is 6.92 Å². The quantitative estimate of drug-likeness (QED) is 0.866. The monoisotopic (exact) mass is 320 g/mol. The molecule has 0 saturated heterocycles. The molecule has 0 radical (unpaired) electrons. The van der Waals surface area contributed by atoms with E-state index >= 15 is 0 Å². The van der Waals surface area contributed by atoms with Gasteiger partial charge in [-0.1, -0.05) is 20.3 Å². The van der Waals surface area contributed by atoms with Gasteiger partial charge in [-0.3, -0.25) is 4.79 Å². The number of benzene rings is 1.